The molecule has 6 heteroatoms. The highest BCUT2D eigenvalue weighted by molar-refractivity contribution is 6.00. The van der Waals surface area contributed by atoms with E-state index >= 15 is 0 Å². The molecule has 1 saturated carbocycles. The monoisotopic (exact) mass is 344 g/mol. The predicted octanol–water partition coefficient (Wildman–Crippen LogP) is 2.19. The molecule has 1 saturated heterocycles. The Hall–Kier alpha value is -2.37. The number of hydrogen-bond donors (Lipinski definition) is 2. The number of carboxylic acids is 1. The summed E-state index contributed by atoms with van der Waals surface area (Å²) in [6.45, 7) is 0.653. The van der Waals surface area contributed by atoms with Crippen LogP contribution in [-0.4, -0.2) is 35.5 Å². The quantitative estimate of drug-likeness (QED) is 0.876. The zero-order valence-electron chi connectivity index (χ0n) is 14.2. The number of rotatable bonds is 4. The largest absolute Gasteiger partial charge is 0.481 e. The Kier molecular flexibility index (Phi) is 5.36. The highest BCUT2D eigenvalue weighted by Crippen LogP contribution is 2.30. The van der Waals surface area contributed by atoms with E-state index in [-0.39, 0.29) is 17.7 Å². The van der Waals surface area contributed by atoms with Crippen LogP contribution in [0.3, 0.4) is 0 Å². The summed E-state index contributed by atoms with van der Waals surface area (Å²) in [5.74, 6) is -1.86. The average Bonchev–Trinajstić information content (AvgIpc) is 2.64. The van der Waals surface area contributed by atoms with Crippen LogP contribution in [0.25, 0.3) is 0 Å². The fourth-order valence-electron chi connectivity index (χ4n) is 3.82. The summed E-state index contributed by atoms with van der Waals surface area (Å²) in [4.78, 5) is 38.2. The van der Waals surface area contributed by atoms with Crippen LogP contribution in [-0.2, 0) is 14.4 Å². The first-order valence-electron chi connectivity index (χ1n) is 8.96. The Balaban J connectivity index is 1.63. The summed E-state index contributed by atoms with van der Waals surface area (Å²) < 4.78 is 0. The molecule has 1 aromatic rings. The Morgan fingerprint density at radius 3 is 2.48 bits per heavy atom. The number of benzene rings is 1. The molecule has 6 nitrogen and oxygen atoms in total. The Labute approximate surface area is 147 Å². The highest BCUT2D eigenvalue weighted by atomic mass is 16.4. The normalized spacial score (nSPS) is 27.0. The van der Waals surface area contributed by atoms with Gasteiger partial charge in [-0.05, 0) is 44.2 Å². The van der Waals surface area contributed by atoms with E-state index in [4.69, 9.17) is 5.11 Å². The van der Waals surface area contributed by atoms with Gasteiger partial charge in [0.05, 0.1) is 5.92 Å². The van der Waals surface area contributed by atoms with Gasteiger partial charge in [0.2, 0.25) is 11.8 Å². The van der Waals surface area contributed by atoms with Gasteiger partial charge in [0, 0.05) is 18.2 Å². The number of para-hydroxylation sites is 1. The lowest BCUT2D eigenvalue weighted by Gasteiger charge is -2.34. The number of anilines is 1. The number of nitrogens with one attached hydrogen (secondary N) is 1. The van der Waals surface area contributed by atoms with Gasteiger partial charge in [0.1, 0.15) is 6.04 Å². The van der Waals surface area contributed by atoms with Crippen molar-refractivity contribution in [3.63, 3.8) is 0 Å². The van der Waals surface area contributed by atoms with E-state index in [0.29, 0.717) is 32.2 Å². The number of amides is 2. The van der Waals surface area contributed by atoms with E-state index in [1.165, 1.54) is 0 Å². The highest BCUT2D eigenvalue weighted by Gasteiger charge is 2.35. The molecule has 3 rings (SSSR count). The summed E-state index contributed by atoms with van der Waals surface area (Å²) in [6, 6.07) is 8.94. The van der Waals surface area contributed by atoms with Crippen molar-refractivity contribution in [2.24, 2.45) is 11.8 Å². The van der Waals surface area contributed by atoms with E-state index in [1.54, 1.807) is 4.90 Å². The van der Waals surface area contributed by atoms with E-state index in [1.807, 2.05) is 30.3 Å². The molecule has 1 heterocycles. The van der Waals surface area contributed by atoms with Gasteiger partial charge in [-0.3, -0.25) is 14.4 Å². The molecule has 2 N–H and O–H groups in total. The number of hydrogen-bond acceptors (Lipinski definition) is 3. The van der Waals surface area contributed by atoms with Crippen LogP contribution >= 0.6 is 0 Å². The Morgan fingerprint density at radius 1 is 1.04 bits per heavy atom. The fraction of sp³-hybridized carbons (Fsp3) is 0.526. The van der Waals surface area contributed by atoms with E-state index in [9.17, 15) is 14.4 Å². The van der Waals surface area contributed by atoms with Crippen molar-refractivity contribution in [3.8, 4) is 0 Å². The minimum Gasteiger partial charge on any atom is -0.481 e. The van der Waals surface area contributed by atoms with Crippen molar-refractivity contribution in [1.29, 1.82) is 0 Å². The second-order valence-corrected chi connectivity index (χ2v) is 6.93. The number of carbonyl (C=O) groups is 3. The Morgan fingerprint density at radius 2 is 1.76 bits per heavy atom. The van der Waals surface area contributed by atoms with E-state index in [0.717, 1.165) is 18.5 Å². The smallest absolute Gasteiger partial charge is 0.306 e. The lowest BCUT2D eigenvalue weighted by Crippen LogP contribution is -2.53. The van der Waals surface area contributed by atoms with E-state index in [2.05, 4.69) is 5.32 Å². The van der Waals surface area contributed by atoms with Crippen LogP contribution in [0.2, 0.25) is 0 Å². The van der Waals surface area contributed by atoms with Crippen molar-refractivity contribution in [2.75, 3.05) is 11.4 Å². The van der Waals surface area contributed by atoms with Gasteiger partial charge in [-0.2, -0.15) is 0 Å². The van der Waals surface area contributed by atoms with Gasteiger partial charge in [0.15, 0.2) is 0 Å². The molecule has 3 unspecified atom stereocenters. The van der Waals surface area contributed by atoms with Crippen LogP contribution in [0.4, 0.5) is 5.69 Å². The molecule has 0 aromatic heterocycles. The zero-order chi connectivity index (χ0) is 17.8. The summed E-state index contributed by atoms with van der Waals surface area (Å²) in [7, 11) is 0. The lowest BCUT2D eigenvalue weighted by atomic mass is 9.81. The molecule has 25 heavy (non-hydrogen) atoms. The lowest BCUT2D eigenvalue weighted by molar-refractivity contribution is -0.144. The van der Waals surface area contributed by atoms with Crippen LogP contribution in [0.15, 0.2) is 30.3 Å². The maximum Gasteiger partial charge on any atom is 0.306 e. The molecular formula is C19H24N2O4. The summed E-state index contributed by atoms with van der Waals surface area (Å²) in [5, 5.41) is 12.0. The number of aliphatic carboxylic acids is 1. The van der Waals surface area contributed by atoms with Gasteiger partial charge in [-0.25, -0.2) is 0 Å². The molecule has 2 aliphatic rings. The first-order valence-corrected chi connectivity index (χ1v) is 8.96. The van der Waals surface area contributed by atoms with Crippen LogP contribution in [0, 0.1) is 11.8 Å². The zero-order valence-corrected chi connectivity index (χ0v) is 14.2. The summed E-state index contributed by atoms with van der Waals surface area (Å²) >= 11 is 0. The Bertz CT molecular complexity index is 646. The maximum absolute atomic E-state index is 12.7. The third kappa shape index (κ3) is 4.00. The standard InChI is InChI=1S/C19H24N2O4/c22-17(13-6-4-7-14(12-13)19(24)25)20-16-10-5-11-21(18(16)23)15-8-2-1-3-9-15/h1-3,8-9,13-14,16H,4-7,10-12H2,(H,20,22)(H,24,25). The third-order valence-corrected chi connectivity index (χ3v) is 5.22. The van der Waals surface area contributed by atoms with Crippen LogP contribution in [0.5, 0.6) is 0 Å². The van der Waals surface area contributed by atoms with E-state index < -0.39 is 17.9 Å². The number of carboxylic acid groups (broad SMARTS) is 1. The van der Waals surface area contributed by atoms with Crippen LogP contribution in [0.1, 0.15) is 38.5 Å². The first-order chi connectivity index (χ1) is 12.1. The molecule has 0 spiro atoms. The molecule has 2 fully saturated rings. The minimum atomic E-state index is -0.832. The molecule has 1 aliphatic heterocycles. The molecule has 1 aliphatic carbocycles. The predicted molar refractivity (Wildman–Crippen MR) is 93.0 cm³/mol. The van der Waals surface area contributed by atoms with Crippen LogP contribution < -0.4 is 10.2 Å². The minimum absolute atomic E-state index is 0.0867. The van der Waals surface area contributed by atoms with Gasteiger partial charge in [0.25, 0.3) is 0 Å². The molecule has 134 valence electrons. The second kappa shape index (κ2) is 7.68. The van der Waals surface area contributed by atoms with Gasteiger partial charge in [-0.1, -0.05) is 24.6 Å². The van der Waals surface area contributed by atoms with Gasteiger partial charge >= 0.3 is 5.97 Å². The van der Waals surface area contributed by atoms with Gasteiger partial charge in [-0.15, -0.1) is 0 Å². The SMILES string of the molecule is O=C(O)C1CCCC(C(=O)NC2CCCN(c3ccccc3)C2=O)C1. The molecule has 2 amide bonds. The molecule has 3 atom stereocenters. The molecular weight excluding hydrogens is 320 g/mol. The summed E-state index contributed by atoms with van der Waals surface area (Å²) in [6.07, 6.45) is 3.88. The van der Waals surface area contributed by atoms with Crippen molar-refractivity contribution < 1.29 is 19.5 Å². The molecule has 0 bridgehead atoms. The first kappa shape index (κ1) is 17.5. The fourth-order valence-corrected chi connectivity index (χ4v) is 3.82. The number of nitrogens with zero attached hydrogens (tertiary/aromatic N) is 1. The van der Waals surface area contributed by atoms with Crippen molar-refractivity contribution in [2.45, 2.75) is 44.6 Å². The summed E-state index contributed by atoms with van der Waals surface area (Å²) in [5.41, 5.74) is 0.843. The second-order valence-electron chi connectivity index (χ2n) is 6.93. The van der Waals surface area contributed by atoms with Crippen molar-refractivity contribution in [3.05, 3.63) is 30.3 Å². The van der Waals surface area contributed by atoms with Crippen molar-refractivity contribution >= 4 is 23.5 Å². The molecule has 0 radical (unpaired) electrons. The number of piperidine rings is 1. The average molecular weight is 344 g/mol. The van der Waals surface area contributed by atoms with Crippen molar-refractivity contribution in [1.82, 2.24) is 5.32 Å². The third-order valence-electron chi connectivity index (χ3n) is 5.22. The topological polar surface area (TPSA) is 86.7 Å². The maximum atomic E-state index is 12.7. The molecule has 1 aromatic carbocycles. The van der Waals surface area contributed by atoms with Gasteiger partial charge < -0.3 is 15.3 Å². The number of carbonyl (C=O) groups excluding carboxylic acids is 2.